The van der Waals surface area contributed by atoms with Gasteiger partial charge in [0.05, 0.1) is 11.1 Å². The Bertz CT molecular complexity index is 659. The van der Waals surface area contributed by atoms with Crippen LogP contribution in [0.15, 0.2) is 30.3 Å². The molecule has 0 atom stereocenters. The number of aromatic nitrogens is 1. The van der Waals surface area contributed by atoms with Crippen molar-refractivity contribution >= 4 is 41.6 Å². The lowest BCUT2D eigenvalue weighted by molar-refractivity contribution is 0.0955. The minimum Gasteiger partial charge on any atom is -0.351 e. The van der Waals surface area contributed by atoms with E-state index in [4.69, 9.17) is 4.98 Å². The quantitative estimate of drug-likeness (QED) is 0.781. The van der Waals surface area contributed by atoms with Crippen molar-refractivity contribution in [2.75, 3.05) is 19.6 Å². The Hall–Kier alpha value is -1.36. The van der Waals surface area contributed by atoms with Crippen molar-refractivity contribution in [3.8, 4) is 0 Å². The maximum Gasteiger partial charge on any atom is 0.252 e. The Labute approximate surface area is 149 Å². The molecule has 2 N–H and O–H groups in total. The van der Waals surface area contributed by atoms with E-state index in [1.54, 1.807) is 0 Å². The van der Waals surface area contributed by atoms with Crippen molar-refractivity contribution in [1.29, 1.82) is 0 Å². The van der Waals surface area contributed by atoms with E-state index in [-0.39, 0.29) is 30.7 Å². The van der Waals surface area contributed by atoms with Crippen LogP contribution in [-0.2, 0) is 0 Å². The minimum absolute atomic E-state index is 0. The molecule has 1 aliphatic rings. The van der Waals surface area contributed by atoms with E-state index in [0.29, 0.717) is 12.5 Å². The fraction of sp³-hybridized carbons (Fsp3) is 0.412. The Morgan fingerprint density at radius 1 is 1.22 bits per heavy atom. The number of pyridine rings is 1. The number of para-hydroxylation sites is 1. The van der Waals surface area contributed by atoms with E-state index < -0.39 is 0 Å². The molecule has 1 fully saturated rings. The van der Waals surface area contributed by atoms with E-state index in [2.05, 4.69) is 17.6 Å². The fourth-order valence-electron chi connectivity index (χ4n) is 2.51. The highest BCUT2D eigenvalue weighted by molar-refractivity contribution is 6.06. The highest BCUT2D eigenvalue weighted by atomic mass is 35.5. The molecule has 0 aliphatic heterocycles. The molecular weight excluding hydrogens is 333 g/mol. The molecule has 2 aromatic rings. The van der Waals surface area contributed by atoms with E-state index in [1.165, 1.54) is 12.8 Å². The largest absolute Gasteiger partial charge is 0.351 e. The van der Waals surface area contributed by atoms with Crippen LogP contribution in [-0.4, -0.2) is 30.5 Å². The van der Waals surface area contributed by atoms with Crippen molar-refractivity contribution in [2.45, 2.75) is 25.7 Å². The average Bonchev–Trinajstić information content (AvgIpc) is 3.35. The Kier molecular flexibility index (Phi) is 7.76. The number of halogens is 2. The standard InChI is InChI=1S/C17H21N3O.2ClH/c1-2-18-9-10-19-17(21)14-11-16(12-7-8-12)20-15-6-4-3-5-13(14)15;;/h3-6,11-12,18H,2,7-10H2,1H3,(H,19,21);2*1H. The first-order valence-electron chi connectivity index (χ1n) is 7.68. The number of hydrogen-bond acceptors (Lipinski definition) is 3. The van der Waals surface area contributed by atoms with Crippen LogP contribution in [0.5, 0.6) is 0 Å². The van der Waals surface area contributed by atoms with Crippen LogP contribution in [0.2, 0.25) is 0 Å². The monoisotopic (exact) mass is 355 g/mol. The molecule has 0 radical (unpaired) electrons. The zero-order chi connectivity index (χ0) is 14.7. The van der Waals surface area contributed by atoms with Gasteiger partial charge in [-0.1, -0.05) is 25.1 Å². The summed E-state index contributed by atoms with van der Waals surface area (Å²) in [6, 6.07) is 9.85. The smallest absolute Gasteiger partial charge is 0.252 e. The average molecular weight is 356 g/mol. The third kappa shape index (κ3) is 4.80. The van der Waals surface area contributed by atoms with Crippen LogP contribution in [0.25, 0.3) is 10.9 Å². The summed E-state index contributed by atoms with van der Waals surface area (Å²) in [5, 5.41) is 7.12. The number of amides is 1. The second-order valence-corrected chi connectivity index (χ2v) is 5.50. The van der Waals surface area contributed by atoms with Crippen LogP contribution in [0, 0.1) is 0 Å². The van der Waals surface area contributed by atoms with Gasteiger partial charge in [0.25, 0.3) is 5.91 Å². The van der Waals surface area contributed by atoms with Gasteiger partial charge in [-0.25, -0.2) is 0 Å². The number of carbonyl (C=O) groups is 1. The van der Waals surface area contributed by atoms with E-state index in [9.17, 15) is 4.79 Å². The van der Waals surface area contributed by atoms with Gasteiger partial charge in [0.1, 0.15) is 0 Å². The van der Waals surface area contributed by atoms with Crippen LogP contribution in [0.3, 0.4) is 0 Å². The number of nitrogens with zero attached hydrogens (tertiary/aromatic N) is 1. The van der Waals surface area contributed by atoms with Crippen LogP contribution >= 0.6 is 24.8 Å². The molecule has 0 saturated heterocycles. The van der Waals surface area contributed by atoms with Crippen molar-refractivity contribution in [1.82, 2.24) is 15.6 Å². The second kappa shape index (κ2) is 9.06. The number of benzene rings is 1. The van der Waals surface area contributed by atoms with E-state index >= 15 is 0 Å². The summed E-state index contributed by atoms with van der Waals surface area (Å²) in [5.41, 5.74) is 2.73. The number of fused-ring (bicyclic) bond motifs is 1. The molecular formula is C17H23Cl2N3O. The first kappa shape index (κ1) is 19.7. The topological polar surface area (TPSA) is 54.0 Å². The maximum absolute atomic E-state index is 12.5. The number of hydrogen-bond donors (Lipinski definition) is 2. The molecule has 0 unspecified atom stereocenters. The third-order valence-electron chi connectivity index (χ3n) is 3.81. The lowest BCUT2D eigenvalue weighted by Gasteiger charge is -2.10. The molecule has 1 aliphatic carbocycles. The summed E-state index contributed by atoms with van der Waals surface area (Å²) in [6.07, 6.45) is 2.37. The van der Waals surface area contributed by atoms with Gasteiger partial charge >= 0.3 is 0 Å². The lowest BCUT2D eigenvalue weighted by Crippen LogP contribution is -2.31. The molecule has 1 aromatic heterocycles. The van der Waals surface area contributed by atoms with Crippen molar-refractivity contribution in [3.05, 3.63) is 41.6 Å². The number of rotatable bonds is 6. The number of carbonyl (C=O) groups excluding carboxylic acids is 1. The summed E-state index contributed by atoms with van der Waals surface area (Å²) in [6.45, 7) is 4.41. The minimum atomic E-state index is -0.00611. The highest BCUT2D eigenvalue weighted by Gasteiger charge is 2.26. The SMILES string of the molecule is CCNCCNC(=O)c1cc(C2CC2)nc2ccccc12.Cl.Cl. The molecule has 126 valence electrons. The highest BCUT2D eigenvalue weighted by Crippen LogP contribution is 2.40. The van der Waals surface area contributed by atoms with Crippen LogP contribution in [0.1, 0.15) is 41.7 Å². The molecule has 6 heteroatoms. The fourth-order valence-corrected chi connectivity index (χ4v) is 2.51. The normalized spacial score (nSPS) is 13.1. The third-order valence-corrected chi connectivity index (χ3v) is 3.81. The second-order valence-electron chi connectivity index (χ2n) is 5.50. The Morgan fingerprint density at radius 3 is 2.65 bits per heavy atom. The van der Waals surface area contributed by atoms with Gasteiger partial charge in [-0.05, 0) is 31.5 Å². The number of likely N-dealkylation sites (N-methyl/N-ethyl adjacent to an activating group) is 1. The Morgan fingerprint density at radius 2 is 1.96 bits per heavy atom. The van der Waals surface area contributed by atoms with Crippen molar-refractivity contribution in [2.24, 2.45) is 0 Å². The summed E-state index contributed by atoms with van der Waals surface area (Å²) in [7, 11) is 0. The summed E-state index contributed by atoms with van der Waals surface area (Å²) in [4.78, 5) is 17.1. The van der Waals surface area contributed by atoms with Gasteiger partial charge in [-0.2, -0.15) is 0 Å². The van der Waals surface area contributed by atoms with Gasteiger partial charge in [-0.15, -0.1) is 24.8 Å². The Balaban J connectivity index is 0.00000132. The zero-order valence-electron chi connectivity index (χ0n) is 13.2. The lowest BCUT2D eigenvalue weighted by atomic mass is 10.1. The summed E-state index contributed by atoms with van der Waals surface area (Å²) >= 11 is 0. The molecule has 1 heterocycles. The molecule has 1 amide bonds. The maximum atomic E-state index is 12.5. The molecule has 0 spiro atoms. The van der Waals surface area contributed by atoms with Crippen LogP contribution < -0.4 is 10.6 Å². The van der Waals surface area contributed by atoms with E-state index in [1.807, 2.05) is 30.3 Å². The predicted molar refractivity (Wildman–Crippen MR) is 99.1 cm³/mol. The van der Waals surface area contributed by atoms with Gasteiger partial charge < -0.3 is 10.6 Å². The number of nitrogens with one attached hydrogen (secondary N) is 2. The summed E-state index contributed by atoms with van der Waals surface area (Å²) in [5.74, 6) is 0.538. The first-order valence-corrected chi connectivity index (χ1v) is 7.68. The van der Waals surface area contributed by atoms with Crippen molar-refractivity contribution < 1.29 is 4.79 Å². The summed E-state index contributed by atoms with van der Waals surface area (Å²) < 4.78 is 0. The first-order chi connectivity index (χ1) is 10.3. The molecule has 1 saturated carbocycles. The van der Waals surface area contributed by atoms with E-state index in [0.717, 1.165) is 35.2 Å². The molecule has 3 rings (SSSR count). The van der Waals surface area contributed by atoms with Gasteiger partial charge in [0.15, 0.2) is 0 Å². The van der Waals surface area contributed by atoms with Gasteiger partial charge in [-0.3, -0.25) is 9.78 Å². The predicted octanol–water partition coefficient (Wildman–Crippen LogP) is 3.30. The molecule has 4 nitrogen and oxygen atoms in total. The van der Waals surface area contributed by atoms with Gasteiger partial charge in [0.2, 0.25) is 0 Å². The van der Waals surface area contributed by atoms with Crippen molar-refractivity contribution in [3.63, 3.8) is 0 Å². The van der Waals surface area contributed by atoms with Crippen LogP contribution in [0.4, 0.5) is 0 Å². The van der Waals surface area contributed by atoms with Gasteiger partial charge in [0, 0.05) is 30.1 Å². The zero-order valence-corrected chi connectivity index (χ0v) is 14.8. The molecule has 23 heavy (non-hydrogen) atoms. The molecule has 1 aromatic carbocycles. The molecule has 0 bridgehead atoms.